The molecular formula is C19H18FN3O4S. The van der Waals surface area contributed by atoms with E-state index in [-0.39, 0.29) is 23.7 Å². The lowest BCUT2D eigenvalue weighted by molar-refractivity contribution is 0.0914. The van der Waals surface area contributed by atoms with Crippen molar-refractivity contribution in [2.24, 2.45) is 0 Å². The number of benzene rings is 2. The summed E-state index contributed by atoms with van der Waals surface area (Å²) in [5.41, 5.74) is 1.69. The van der Waals surface area contributed by atoms with Crippen molar-refractivity contribution in [1.82, 2.24) is 15.2 Å². The van der Waals surface area contributed by atoms with Gasteiger partial charge in [0.15, 0.2) is 0 Å². The van der Waals surface area contributed by atoms with Crippen LogP contribution >= 0.6 is 0 Å². The Labute approximate surface area is 161 Å². The van der Waals surface area contributed by atoms with Crippen LogP contribution in [0.2, 0.25) is 0 Å². The van der Waals surface area contributed by atoms with Crippen LogP contribution in [0.25, 0.3) is 0 Å². The molecule has 0 atom stereocenters. The fourth-order valence-corrected chi connectivity index (χ4v) is 3.56. The van der Waals surface area contributed by atoms with Crippen LogP contribution in [0.1, 0.15) is 27.4 Å². The van der Waals surface area contributed by atoms with Crippen molar-refractivity contribution in [2.75, 3.05) is 0 Å². The highest BCUT2D eigenvalue weighted by Crippen LogP contribution is 2.13. The number of hydrogen-bond donors (Lipinski definition) is 2. The zero-order valence-electron chi connectivity index (χ0n) is 15.0. The first-order valence-corrected chi connectivity index (χ1v) is 9.86. The second-order valence-corrected chi connectivity index (χ2v) is 7.88. The SMILES string of the molecule is Cc1cc(C(=O)NCc2cccc(S(=O)(=O)NCc3cccc(F)c3)c2)on1. The molecule has 0 aliphatic rings. The molecule has 2 aromatic carbocycles. The molecule has 0 radical (unpaired) electrons. The van der Waals surface area contributed by atoms with Crippen LogP contribution in [0, 0.1) is 12.7 Å². The van der Waals surface area contributed by atoms with Gasteiger partial charge in [0, 0.05) is 19.2 Å². The Balaban J connectivity index is 1.65. The van der Waals surface area contributed by atoms with Crippen LogP contribution in [0.5, 0.6) is 0 Å². The topological polar surface area (TPSA) is 101 Å². The van der Waals surface area contributed by atoms with Gasteiger partial charge in [-0.05, 0) is 42.3 Å². The van der Waals surface area contributed by atoms with Gasteiger partial charge in [0.1, 0.15) is 5.82 Å². The van der Waals surface area contributed by atoms with E-state index in [1.807, 2.05) is 0 Å². The van der Waals surface area contributed by atoms with Crippen molar-refractivity contribution in [2.45, 2.75) is 24.9 Å². The first-order chi connectivity index (χ1) is 13.3. The molecule has 146 valence electrons. The quantitative estimate of drug-likeness (QED) is 0.631. The maximum Gasteiger partial charge on any atom is 0.290 e. The number of carbonyl (C=O) groups is 1. The molecule has 3 aromatic rings. The van der Waals surface area contributed by atoms with Crippen LogP contribution in [-0.2, 0) is 23.1 Å². The van der Waals surface area contributed by atoms with Crippen LogP contribution in [0.15, 0.2) is 64.0 Å². The number of carbonyl (C=O) groups excluding carboxylic acids is 1. The summed E-state index contributed by atoms with van der Waals surface area (Å²) in [5, 5.41) is 6.28. The van der Waals surface area contributed by atoms with E-state index < -0.39 is 21.7 Å². The molecule has 1 aromatic heterocycles. The first kappa shape index (κ1) is 19.7. The predicted octanol–water partition coefficient (Wildman–Crippen LogP) is 2.53. The zero-order chi connectivity index (χ0) is 20.1. The van der Waals surface area contributed by atoms with Gasteiger partial charge in [-0.25, -0.2) is 17.5 Å². The van der Waals surface area contributed by atoms with Gasteiger partial charge in [-0.2, -0.15) is 0 Å². The van der Waals surface area contributed by atoms with Gasteiger partial charge in [0.2, 0.25) is 15.8 Å². The minimum Gasteiger partial charge on any atom is -0.351 e. The monoisotopic (exact) mass is 403 g/mol. The van der Waals surface area contributed by atoms with Gasteiger partial charge in [0.25, 0.3) is 5.91 Å². The van der Waals surface area contributed by atoms with Crippen LogP contribution in [-0.4, -0.2) is 19.5 Å². The third-order valence-corrected chi connectivity index (χ3v) is 5.27. The van der Waals surface area contributed by atoms with E-state index in [1.54, 1.807) is 25.1 Å². The molecule has 1 heterocycles. The summed E-state index contributed by atoms with van der Waals surface area (Å²) in [6.07, 6.45) is 0. The van der Waals surface area contributed by atoms with Gasteiger partial charge < -0.3 is 9.84 Å². The second-order valence-electron chi connectivity index (χ2n) is 6.12. The fourth-order valence-electron chi connectivity index (χ4n) is 2.47. The summed E-state index contributed by atoms with van der Waals surface area (Å²) in [7, 11) is -3.79. The highest BCUT2D eigenvalue weighted by molar-refractivity contribution is 7.89. The lowest BCUT2D eigenvalue weighted by Crippen LogP contribution is -2.24. The minimum absolute atomic E-state index is 0.0358. The summed E-state index contributed by atoms with van der Waals surface area (Å²) < 4.78 is 45.5. The number of rotatable bonds is 7. The standard InChI is InChI=1S/C19H18FN3O4S/c1-13-8-18(27-23-13)19(24)21-11-15-5-3-7-17(10-15)28(25,26)22-12-14-4-2-6-16(20)9-14/h2-10,22H,11-12H2,1H3,(H,21,24). The second kappa shape index (κ2) is 8.32. The zero-order valence-corrected chi connectivity index (χ0v) is 15.8. The Morgan fingerprint density at radius 1 is 1.07 bits per heavy atom. The molecule has 2 N–H and O–H groups in total. The van der Waals surface area contributed by atoms with E-state index in [0.29, 0.717) is 16.8 Å². The highest BCUT2D eigenvalue weighted by Gasteiger charge is 2.15. The van der Waals surface area contributed by atoms with Gasteiger partial charge in [-0.3, -0.25) is 4.79 Å². The fraction of sp³-hybridized carbons (Fsp3) is 0.158. The van der Waals surface area contributed by atoms with Crippen LogP contribution < -0.4 is 10.0 Å². The van der Waals surface area contributed by atoms with Crippen molar-refractivity contribution in [3.05, 3.63) is 83.0 Å². The van der Waals surface area contributed by atoms with E-state index >= 15 is 0 Å². The Morgan fingerprint density at radius 2 is 1.79 bits per heavy atom. The number of nitrogens with zero attached hydrogens (tertiary/aromatic N) is 1. The van der Waals surface area contributed by atoms with Crippen LogP contribution in [0.4, 0.5) is 4.39 Å². The normalized spacial score (nSPS) is 11.4. The number of aryl methyl sites for hydroxylation is 1. The number of halogens is 1. The summed E-state index contributed by atoms with van der Waals surface area (Å²) in [6.45, 7) is 1.78. The highest BCUT2D eigenvalue weighted by atomic mass is 32.2. The molecule has 28 heavy (non-hydrogen) atoms. The largest absolute Gasteiger partial charge is 0.351 e. The Hall–Kier alpha value is -3.04. The molecule has 0 unspecified atom stereocenters. The minimum atomic E-state index is -3.79. The summed E-state index contributed by atoms with van der Waals surface area (Å²) in [4.78, 5) is 12.0. The molecule has 1 amide bonds. The van der Waals surface area contributed by atoms with E-state index in [9.17, 15) is 17.6 Å². The van der Waals surface area contributed by atoms with E-state index in [2.05, 4.69) is 15.2 Å². The van der Waals surface area contributed by atoms with Gasteiger partial charge in [0.05, 0.1) is 10.6 Å². The number of sulfonamides is 1. The Kier molecular flexibility index (Phi) is 5.86. The molecule has 0 aliphatic heterocycles. The molecular weight excluding hydrogens is 385 g/mol. The van der Waals surface area contributed by atoms with Crippen molar-refractivity contribution < 1.29 is 22.1 Å². The molecule has 9 heteroatoms. The first-order valence-electron chi connectivity index (χ1n) is 8.38. The molecule has 0 fully saturated rings. The molecule has 0 saturated heterocycles. The summed E-state index contributed by atoms with van der Waals surface area (Å²) in [6, 6.07) is 13.4. The lowest BCUT2D eigenvalue weighted by Gasteiger charge is -2.09. The Morgan fingerprint density at radius 3 is 2.46 bits per heavy atom. The molecule has 0 aliphatic carbocycles. The van der Waals surface area contributed by atoms with E-state index in [1.165, 1.54) is 36.4 Å². The molecule has 0 spiro atoms. The average Bonchev–Trinajstić information content (AvgIpc) is 3.11. The van der Waals surface area contributed by atoms with E-state index in [0.717, 1.165) is 0 Å². The number of nitrogens with one attached hydrogen (secondary N) is 2. The third-order valence-electron chi connectivity index (χ3n) is 3.87. The van der Waals surface area contributed by atoms with Crippen molar-refractivity contribution >= 4 is 15.9 Å². The number of amides is 1. The maximum atomic E-state index is 13.2. The predicted molar refractivity (Wildman–Crippen MR) is 99.3 cm³/mol. The average molecular weight is 403 g/mol. The molecule has 3 rings (SSSR count). The van der Waals surface area contributed by atoms with Gasteiger partial charge in [-0.15, -0.1) is 0 Å². The van der Waals surface area contributed by atoms with E-state index in [4.69, 9.17) is 4.52 Å². The smallest absolute Gasteiger partial charge is 0.290 e. The van der Waals surface area contributed by atoms with Crippen LogP contribution in [0.3, 0.4) is 0 Å². The molecule has 7 nitrogen and oxygen atoms in total. The Bertz CT molecular complexity index is 1100. The summed E-state index contributed by atoms with van der Waals surface area (Å²) in [5.74, 6) is -0.799. The maximum absolute atomic E-state index is 13.2. The van der Waals surface area contributed by atoms with Gasteiger partial charge in [-0.1, -0.05) is 29.4 Å². The van der Waals surface area contributed by atoms with Gasteiger partial charge >= 0.3 is 0 Å². The molecule has 0 saturated carbocycles. The summed E-state index contributed by atoms with van der Waals surface area (Å²) >= 11 is 0. The van der Waals surface area contributed by atoms with Crippen molar-refractivity contribution in [3.63, 3.8) is 0 Å². The van der Waals surface area contributed by atoms with Crippen molar-refractivity contribution in [3.8, 4) is 0 Å². The van der Waals surface area contributed by atoms with Crippen molar-refractivity contribution in [1.29, 1.82) is 0 Å². The number of hydrogen-bond acceptors (Lipinski definition) is 5. The third kappa shape index (κ3) is 5.02. The number of aromatic nitrogens is 1. The molecule has 0 bridgehead atoms. The lowest BCUT2D eigenvalue weighted by atomic mass is 10.2.